The van der Waals surface area contributed by atoms with Crippen LogP contribution in [0.3, 0.4) is 0 Å². The van der Waals surface area contributed by atoms with E-state index in [-0.39, 0.29) is 6.10 Å². The standard InChI is InChI=1S/C10H15N3OS/c1-6-7(2)12-10(13-9(6)11)8-5-15-4-3-14-8/h8H,3-5H2,1-2H3,(H2,11,12,13). The van der Waals surface area contributed by atoms with E-state index in [0.29, 0.717) is 5.82 Å². The van der Waals surface area contributed by atoms with Gasteiger partial charge in [0.05, 0.1) is 6.61 Å². The van der Waals surface area contributed by atoms with Crippen LogP contribution in [0.5, 0.6) is 0 Å². The summed E-state index contributed by atoms with van der Waals surface area (Å²) in [5.74, 6) is 3.26. The third-order valence-corrected chi connectivity index (χ3v) is 3.54. The van der Waals surface area contributed by atoms with Crippen molar-refractivity contribution in [1.82, 2.24) is 9.97 Å². The maximum atomic E-state index is 5.81. The van der Waals surface area contributed by atoms with Gasteiger partial charge in [0.1, 0.15) is 11.9 Å². The number of nitrogen functional groups attached to an aromatic ring is 1. The van der Waals surface area contributed by atoms with E-state index in [9.17, 15) is 0 Å². The molecule has 2 rings (SSSR count). The third-order valence-electron chi connectivity index (χ3n) is 2.55. The first kappa shape index (κ1) is 10.7. The van der Waals surface area contributed by atoms with E-state index in [1.54, 1.807) is 0 Å². The van der Waals surface area contributed by atoms with E-state index < -0.39 is 0 Å². The third kappa shape index (κ3) is 2.23. The minimum absolute atomic E-state index is 0.00495. The number of aromatic nitrogens is 2. The molecule has 82 valence electrons. The van der Waals surface area contributed by atoms with Crippen molar-refractivity contribution < 1.29 is 4.74 Å². The fourth-order valence-corrected chi connectivity index (χ4v) is 2.29. The summed E-state index contributed by atoms with van der Waals surface area (Å²) < 4.78 is 5.61. The molecule has 4 nitrogen and oxygen atoms in total. The maximum Gasteiger partial charge on any atom is 0.160 e. The predicted octanol–water partition coefficient (Wildman–Crippen LogP) is 1.48. The van der Waals surface area contributed by atoms with Gasteiger partial charge < -0.3 is 10.5 Å². The SMILES string of the molecule is Cc1nc(C2CSCCO2)nc(N)c1C. The van der Waals surface area contributed by atoms with Crippen molar-refractivity contribution >= 4 is 17.6 Å². The lowest BCUT2D eigenvalue weighted by Crippen LogP contribution is -2.19. The molecule has 1 atom stereocenters. The molecule has 1 aliphatic heterocycles. The highest BCUT2D eigenvalue weighted by Gasteiger charge is 2.20. The molecule has 15 heavy (non-hydrogen) atoms. The molecule has 2 heterocycles. The maximum absolute atomic E-state index is 5.81. The average Bonchev–Trinajstić information content (AvgIpc) is 2.26. The topological polar surface area (TPSA) is 61.0 Å². The van der Waals surface area contributed by atoms with Gasteiger partial charge in [-0.05, 0) is 13.8 Å². The van der Waals surface area contributed by atoms with E-state index in [1.165, 1.54) is 0 Å². The van der Waals surface area contributed by atoms with Crippen molar-refractivity contribution in [2.75, 3.05) is 23.8 Å². The zero-order valence-electron chi connectivity index (χ0n) is 8.99. The Bertz CT molecular complexity index is 341. The first-order chi connectivity index (χ1) is 7.18. The van der Waals surface area contributed by atoms with Gasteiger partial charge in [0, 0.05) is 22.8 Å². The van der Waals surface area contributed by atoms with Crippen LogP contribution in [0.1, 0.15) is 23.2 Å². The number of rotatable bonds is 1. The smallest absolute Gasteiger partial charge is 0.160 e. The van der Waals surface area contributed by atoms with Gasteiger partial charge in [-0.2, -0.15) is 11.8 Å². The molecule has 0 aliphatic carbocycles. The van der Waals surface area contributed by atoms with Crippen LogP contribution in [0.15, 0.2) is 0 Å². The fraction of sp³-hybridized carbons (Fsp3) is 0.600. The minimum atomic E-state index is 0.00495. The Morgan fingerprint density at radius 1 is 1.40 bits per heavy atom. The number of hydrogen-bond donors (Lipinski definition) is 1. The van der Waals surface area contributed by atoms with Crippen LogP contribution in [0.25, 0.3) is 0 Å². The van der Waals surface area contributed by atoms with Gasteiger partial charge in [0.25, 0.3) is 0 Å². The normalized spacial score (nSPS) is 21.6. The molecule has 0 bridgehead atoms. The Morgan fingerprint density at radius 2 is 2.20 bits per heavy atom. The monoisotopic (exact) mass is 225 g/mol. The molecule has 0 radical (unpaired) electrons. The fourth-order valence-electron chi connectivity index (χ4n) is 1.45. The average molecular weight is 225 g/mol. The molecule has 2 N–H and O–H groups in total. The molecule has 0 spiro atoms. The number of hydrogen-bond acceptors (Lipinski definition) is 5. The summed E-state index contributed by atoms with van der Waals surface area (Å²) >= 11 is 1.87. The Kier molecular flexibility index (Phi) is 3.11. The molecular formula is C10H15N3OS. The van der Waals surface area contributed by atoms with Crippen LogP contribution in [-0.4, -0.2) is 28.1 Å². The van der Waals surface area contributed by atoms with Crippen molar-refractivity contribution in [2.24, 2.45) is 0 Å². The van der Waals surface area contributed by atoms with E-state index in [1.807, 2.05) is 25.6 Å². The summed E-state index contributed by atoms with van der Waals surface area (Å²) in [5, 5.41) is 0. The summed E-state index contributed by atoms with van der Waals surface area (Å²) in [6.45, 7) is 4.66. The predicted molar refractivity (Wildman–Crippen MR) is 61.9 cm³/mol. The largest absolute Gasteiger partial charge is 0.383 e. The van der Waals surface area contributed by atoms with Crippen molar-refractivity contribution in [3.63, 3.8) is 0 Å². The molecule has 1 aliphatic rings. The second-order valence-corrected chi connectivity index (χ2v) is 4.76. The Balaban J connectivity index is 2.27. The van der Waals surface area contributed by atoms with E-state index in [0.717, 1.165) is 35.2 Å². The van der Waals surface area contributed by atoms with Gasteiger partial charge in [-0.3, -0.25) is 0 Å². The molecule has 5 heteroatoms. The van der Waals surface area contributed by atoms with Crippen molar-refractivity contribution in [1.29, 1.82) is 0 Å². The molecule has 1 unspecified atom stereocenters. The Labute approximate surface area is 93.6 Å². The number of aryl methyl sites for hydroxylation is 1. The summed E-state index contributed by atoms with van der Waals surface area (Å²) in [6.07, 6.45) is 0.00495. The van der Waals surface area contributed by atoms with E-state index in [2.05, 4.69) is 9.97 Å². The number of nitrogens with two attached hydrogens (primary N) is 1. The van der Waals surface area contributed by atoms with E-state index in [4.69, 9.17) is 10.5 Å². The molecule has 1 fully saturated rings. The second kappa shape index (κ2) is 4.37. The lowest BCUT2D eigenvalue weighted by Gasteiger charge is -2.21. The lowest BCUT2D eigenvalue weighted by atomic mass is 10.2. The van der Waals surface area contributed by atoms with Gasteiger partial charge >= 0.3 is 0 Å². The first-order valence-corrected chi connectivity index (χ1v) is 6.14. The highest BCUT2D eigenvalue weighted by molar-refractivity contribution is 7.99. The Hall–Kier alpha value is -0.810. The quantitative estimate of drug-likeness (QED) is 0.784. The zero-order chi connectivity index (χ0) is 10.8. The summed E-state index contributed by atoms with van der Waals surface area (Å²) in [4.78, 5) is 8.71. The van der Waals surface area contributed by atoms with Crippen molar-refractivity contribution in [2.45, 2.75) is 20.0 Å². The van der Waals surface area contributed by atoms with Crippen LogP contribution < -0.4 is 5.73 Å². The zero-order valence-corrected chi connectivity index (χ0v) is 9.80. The number of ether oxygens (including phenoxy) is 1. The lowest BCUT2D eigenvalue weighted by molar-refractivity contribution is 0.0694. The highest BCUT2D eigenvalue weighted by Crippen LogP contribution is 2.25. The second-order valence-electron chi connectivity index (χ2n) is 3.61. The number of thioether (sulfide) groups is 1. The van der Waals surface area contributed by atoms with Gasteiger partial charge in [-0.15, -0.1) is 0 Å². The Morgan fingerprint density at radius 3 is 2.80 bits per heavy atom. The summed E-state index contributed by atoms with van der Waals surface area (Å²) in [6, 6.07) is 0. The number of nitrogens with zero attached hydrogens (tertiary/aromatic N) is 2. The summed E-state index contributed by atoms with van der Waals surface area (Å²) in [7, 11) is 0. The van der Waals surface area contributed by atoms with Crippen LogP contribution in [0.4, 0.5) is 5.82 Å². The van der Waals surface area contributed by atoms with Crippen molar-refractivity contribution in [3.8, 4) is 0 Å². The van der Waals surface area contributed by atoms with Crippen LogP contribution in [-0.2, 0) is 4.74 Å². The summed E-state index contributed by atoms with van der Waals surface area (Å²) in [5.41, 5.74) is 7.72. The van der Waals surface area contributed by atoms with Crippen LogP contribution in [0.2, 0.25) is 0 Å². The molecule has 0 aromatic carbocycles. The minimum Gasteiger partial charge on any atom is -0.383 e. The molecule has 0 amide bonds. The molecule has 0 saturated carbocycles. The molecule has 1 aromatic rings. The van der Waals surface area contributed by atoms with Gasteiger partial charge in [-0.1, -0.05) is 0 Å². The number of anilines is 1. The molecule has 1 saturated heterocycles. The van der Waals surface area contributed by atoms with Gasteiger partial charge in [-0.25, -0.2) is 9.97 Å². The molecular weight excluding hydrogens is 210 g/mol. The highest BCUT2D eigenvalue weighted by atomic mass is 32.2. The van der Waals surface area contributed by atoms with Gasteiger partial charge in [0.15, 0.2) is 5.82 Å². The van der Waals surface area contributed by atoms with Gasteiger partial charge in [0.2, 0.25) is 0 Å². The van der Waals surface area contributed by atoms with Crippen LogP contribution >= 0.6 is 11.8 Å². The van der Waals surface area contributed by atoms with E-state index >= 15 is 0 Å². The van der Waals surface area contributed by atoms with Crippen molar-refractivity contribution in [3.05, 3.63) is 17.1 Å². The van der Waals surface area contributed by atoms with Crippen LogP contribution in [0, 0.1) is 13.8 Å². The molecule has 1 aromatic heterocycles. The first-order valence-electron chi connectivity index (χ1n) is 4.98.